The van der Waals surface area contributed by atoms with Crippen LogP contribution in [0.2, 0.25) is 0 Å². The third-order valence-electron chi connectivity index (χ3n) is 5.87. The van der Waals surface area contributed by atoms with Crippen molar-refractivity contribution in [3.05, 3.63) is 0 Å². The molecular formula is C19H38N2. The van der Waals surface area contributed by atoms with Gasteiger partial charge < -0.3 is 10.2 Å². The molecule has 2 nitrogen and oxygen atoms in total. The molecule has 0 aromatic heterocycles. The van der Waals surface area contributed by atoms with Crippen LogP contribution in [0.5, 0.6) is 0 Å². The van der Waals surface area contributed by atoms with Gasteiger partial charge in [-0.25, -0.2) is 0 Å². The first-order valence-electron chi connectivity index (χ1n) is 9.41. The fourth-order valence-electron chi connectivity index (χ4n) is 4.46. The Bertz CT molecular complexity index is 286. The van der Waals surface area contributed by atoms with Crippen LogP contribution in [0.1, 0.15) is 72.1 Å². The van der Waals surface area contributed by atoms with Gasteiger partial charge in [-0.2, -0.15) is 0 Å². The summed E-state index contributed by atoms with van der Waals surface area (Å²) in [5.41, 5.74) is 0.532. The molecule has 0 aromatic rings. The second kappa shape index (κ2) is 7.97. The first-order chi connectivity index (χ1) is 9.99. The van der Waals surface area contributed by atoms with Crippen molar-refractivity contribution in [1.82, 2.24) is 10.2 Å². The molecule has 2 aliphatic rings. The minimum atomic E-state index is 0.532. The quantitative estimate of drug-likeness (QED) is 0.753. The van der Waals surface area contributed by atoms with Gasteiger partial charge in [-0.05, 0) is 50.0 Å². The van der Waals surface area contributed by atoms with Gasteiger partial charge in [0.1, 0.15) is 0 Å². The largest absolute Gasteiger partial charge is 0.314 e. The van der Waals surface area contributed by atoms with Gasteiger partial charge in [0.15, 0.2) is 0 Å². The van der Waals surface area contributed by atoms with E-state index in [-0.39, 0.29) is 0 Å². The number of nitrogens with one attached hydrogen (secondary N) is 1. The summed E-state index contributed by atoms with van der Waals surface area (Å²) in [7, 11) is 2.37. The maximum Gasteiger partial charge on any atom is 0.00472 e. The molecule has 0 radical (unpaired) electrons. The van der Waals surface area contributed by atoms with E-state index in [4.69, 9.17) is 0 Å². The van der Waals surface area contributed by atoms with E-state index in [1.165, 1.54) is 71.0 Å². The number of rotatable bonds is 7. The SMILES string of the molecule is CC1CCC(CNC(C)C)(CN(C)CC2CCCC2)CC1. The fraction of sp³-hybridized carbons (Fsp3) is 1.00. The first-order valence-corrected chi connectivity index (χ1v) is 9.41. The van der Waals surface area contributed by atoms with Gasteiger partial charge in [0, 0.05) is 25.7 Å². The highest BCUT2D eigenvalue weighted by molar-refractivity contribution is 4.90. The third-order valence-corrected chi connectivity index (χ3v) is 5.87. The van der Waals surface area contributed by atoms with Gasteiger partial charge in [0.05, 0.1) is 0 Å². The van der Waals surface area contributed by atoms with Gasteiger partial charge >= 0.3 is 0 Å². The molecule has 1 N–H and O–H groups in total. The summed E-state index contributed by atoms with van der Waals surface area (Å²) >= 11 is 0. The molecule has 2 heteroatoms. The molecule has 0 aromatic carbocycles. The normalized spacial score (nSPS) is 31.4. The molecule has 2 saturated carbocycles. The maximum atomic E-state index is 3.74. The minimum absolute atomic E-state index is 0.532. The van der Waals surface area contributed by atoms with Crippen molar-refractivity contribution in [1.29, 1.82) is 0 Å². The van der Waals surface area contributed by atoms with Crippen molar-refractivity contribution in [3.8, 4) is 0 Å². The van der Waals surface area contributed by atoms with E-state index >= 15 is 0 Å². The van der Waals surface area contributed by atoms with E-state index < -0.39 is 0 Å². The van der Waals surface area contributed by atoms with Crippen molar-refractivity contribution in [3.63, 3.8) is 0 Å². The summed E-state index contributed by atoms with van der Waals surface area (Å²) in [6.45, 7) is 10.8. The Morgan fingerprint density at radius 2 is 1.71 bits per heavy atom. The molecule has 21 heavy (non-hydrogen) atoms. The molecular weight excluding hydrogens is 256 g/mol. The Morgan fingerprint density at radius 1 is 1.10 bits per heavy atom. The summed E-state index contributed by atoms with van der Waals surface area (Å²) in [5, 5.41) is 3.74. The average molecular weight is 295 g/mol. The van der Waals surface area contributed by atoms with Gasteiger partial charge in [0.25, 0.3) is 0 Å². The second-order valence-corrected chi connectivity index (χ2v) is 8.57. The molecule has 0 spiro atoms. The lowest BCUT2D eigenvalue weighted by molar-refractivity contribution is 0.0897. The summed E-state index contributed by atoms with van der Waals surface area (Å²) in [5.74, 6) is 1.92. The summed E-state index contributed by atoms with van der Waals surface area (Å²) in [6, 6.07) is 0.612. The Balaban J connectivity index is 1.87. The Morgan fingerprint density at radius 3 is 2.29 bits per heavy atom. The number of nitrogens with zero attached hydrogens (tertiary/aromatic N) is 1. The summed E-state index contributed by atoms with van der Waals surface area (Å²) in [4.78, 5) is 2.66. The van der Waals surface area contributed by atoms with Crippen LogP contribution in [0.3, 0.4) is 0 Å². The topological polar surface area (TPSA) is 15.3 Å². The smallest absolute Gasteiger partial charge is 0.00472 e. The van der Waals surface area contributed by atoms with Gasteiger partial charge in [-0.15, -0.1) is 0 Å². The zero-order valence-electron chi connectivity index (χ0n) is 15.0. The van der Waals surface area contributed by atoms with Crippen LogP contribution in [0, 0.1) is 17.3 Å². The third kappa shape index (κ3) is 5.56. The zero-order chi connectivity index (χ0) is 15.3. The molecule has 2 rings (SSSR count). The molecule has 0 aliphatic heterocycles. The van der Waals surface area contributed by atoms with Crippen molar-refractivity contribution in [2.24, 2.45) is 17.3 Å². The van der Waals surface area contributed by atoms with E-state index in [9.17, 15) is 0 Å². The van der Waals surface area contributed by atoms with Crippen LogP contribution in [0.4, 0.5) is 0 Å². The van der Waals surface area contributed by atoms with Crippen molar-refractivity contribution >= 4 is 0 Å². The summed E-state index contributed by atoms with van der Waals surface area (Å²) in [6.07, 6.45) is 11.6. The lowest BCUT2D eigenvalue weighted by atomic mass is 9.70. The molecule has 0 heterocycles. The van der Waals surface area contributed by atoms with Crippen LogP contribution in [0.15, 0.2) is 0 Å². The highest BCUT2D eigenvalue weighted by Gasteiger charge is 2.35. The monoisotopic (exact) mass is 294 g/mol. The first kappa shape index (κ1) is 17.3. The van der Waals surface area contributed by atoms with Crippen LogP contribution >= 0.6 is 0 Å². The van der Waals surface area contributed by atoms with Crippen LogP contribution in [-0.2, 0) is 0 Å². The predicted molar refractivity (Wildman–Crippen MR) is 92.7 cm³/mol. The van der Waals surface area contributed by atoms with Crippen LogP contribution < -0.4 is 5.32 Å². The van der Waals surface area contributed by atoms with E-state index in [1.807, 2.05) is 0 Å². The predicted octanol–water partition coefficient (Wildman–Crippen LogP) is 4.30. The van der Waals surface area contributed by atoms with Gasteiger partial charge in [-0.1, -0.05) is 46.5 Å². The van der Waals surface area contributed by atoms with E-state index in [0.29, 0.717) is 11.5 Å². The van der Waals surface area contributed by atoms with Gasteiger partial charge in [-0.3, -0.25) is 0 Å². The standard InChI is InChI=1S/C19H38N2/c1-16(2)20-14-19(11-9-17(3)10-12-19)15-21(4)13-18-7-5-6-8-18/h16-18,20H,5-15H2,1-4H3. The van der Waals surface area contributed by atoms with Crippen LogP contribution in [0.25, 0.3) is 0 Å². The average Bonchev–Trinajstić information content (AvgIpc) is 2.92. The highest BCUT2D eigenvalue weighted by atomic mass is 15.1. The Labute approximate surface area is 133 Å². The molecule has 2 aliphatic carbocycles. The van der Waals surface area contributed by atoms with E-state index in [1.54, 1.807) is 0 Å². The van der Waals surface area contributed by atoms with Crippen molar-refractivity contribution < 1.29 is 0 Å². The molecule has 2 fully saturated rings. The molecule has 124 valence electrons. The van der Waals surface area contributed by atoms with E-state index in [0.717, 1.165) is 11.8 Å². The number of hydrogen-bond donors (Lipinski definition) is 1. The molecule has 0 unspecified atom stereocenters. The van der Waals surface area contributed by atoms with Gasteiger partial charge in [0.2, 0.25) is 0 Å². The molecule has 0 saturated heterocycles. The number of hydrogen-bond acceptors (Lipinski definition) is 2. The maximum absolute atomic E-state index is 3.74. The lowest BCUT2D eigenvalue weighted by Crippen LogP contribution is -2.47. The lowest BCUT2D eigenvalue weighted by Gasteiger charge is -2.43. The zero-order valence-corrected chi connectivity index (χ0v) is 15.0. The van der Waals surface area contributed by atoms with Crippen LogP contribution in [-0.4, -0.2) is 37.6 Å². The Hall–Kier alpha value is -0.0800. The van der Waals surface area contributed by atoms with Crippen molar-refractivity contribution in [2.75, 3.05) is 26.7 Å². The fourth-order valence-corrected chi connectivity index (χ4v) is 4.46. The van der Waals surface area contributed by atoms with E-state index in [2.05, 4.69) is 38.0 Å². The molecule has 0 atom stereocenters. The molecule has 0 amide bonds. The van der Waals surface area contributed by atoms with Crippen molar-refractivity contribution in [2.45, 2.75) is 78.2 Å². The highest BCUT2D eigenvalue weighted by Crippen LogP contribution is 2.39. The summed E-state index contributed by atoms with van der Waals surface area (Å²) < 4.78 is 0. The second-order valence-electron chi connectivity index (χ2n) is 8.57. The Kier molecular flexibility index (Phi) is 6.55. The molecule has 0 bridgehead atoms. The minimum Gasteiger partial charge on any atom is -0.314 e.